The van der Waals surface area contributed by atoms with E-state index in [1.54, 1.807) is 6.92 Å². The lowest BCUT2D eigenvalue weighted by Crippen LogP contribution is -2.54. The largest absolute Gasteiger partial charge is 0.461 e. The maximum atomic E-state index is 13.1. The van der Waals surface area contributed by atoms with E-state index in [0.29, 0.717) is 0 Å². The SMILES string of the molecule is CCOC(=O)C1=NN(c2ccccc2)C2(S1)c1ccccc1C(c1ccc(CC)cc1)=NN2c1ccccc1. The topological polar surface area (TPSA) is 57.5 Å². The summed E-state index contributed by atoms with van der Waals surface area (Å²) in [6.45, 7) is 4.22. The maximum absolute atomic E-state index is 13.1. The van der Waals surface area contributed by atoms with Crippen LogP contribution in [0.25, 0.3) is 0 Å². The van der Waals surface area contributed by atoms with Crippen LogP contribution in [0.15, 0.2) is 119 Å². The van der Waals surface area contributed by atoms with E-state index in [4.69, 9.17) is 14.9 Å². The normalized spacial score (nSPS) is 18.0. The third-order valence-electron chi connectivity index (χ3n) is 6.82. The Morgan fingerprint density at radius 3 is 1.97 bits per heavy atom. The van der Waals surface area contributed by atoms with Crippen LogP contribution in [0.4, 0.5) is 11.4 Å². The van der Waals surface area contributed by atoms with E-state index in [2.05, 4.69) is 43.3 Å². The van der Waals surface area contributed by atoms with Crippen molar-refractivity contribution in [2.45, 2.75) is 25.3 Å². The minimum atomic E-state index is -1.01. The van der Waals surface area contributed by atoms with Crippen LogP contribution in [0.2, 0.25) is 0 Å². The number of nitrogens with zero attached hydrogens (tertiary/aromatic N) is 4. The van der Waals surface area contributed by atoms with Crippen LogP contribution in [0.5, 0.6) is 0 Å². The molecule has 6 nitrogen and oxygen atoms in total. The van der Waals surface area contributed by atoms with Crippen molar-refractivity contribution in [2.75, 3.05) is 16.6 Å². The number of anilines is 2. The van der Waals surface area contributed by atoms with Crippen molar-refractivity contribution in [1.82, 2.24) is 0 Å². The summed E-state index contributed by atoms with van der Waals surface area (Å²) >= 11 is 1.35. The highest BCUT2D eigenvalue weighted by Crippen LogP contribution is 2.55. The number of aryl methyl sites for hydroxylation is 1. The number of fused-ring (bicyclic) bond motifs is 2. The lowest BCUT2D eigenvalue weighted by atomic mass is 9.92. The lowest BCUT2D eigenvalue weighted by Gasteiger charge is -2.47. The average Bonchev–Trinajstić information content (AvgIpc) is 3.40. The van der Waals surface area contributed by atoms with Crippen LogP contribution in [0, 0.1) is 0 Å². The minimum absolute atomic E-state index is 0.270. The molecule has 2 aliphatic rings. The summed E-state index contributed by atoms with van der Waals surface area (Å²) in [6, 6.07) is 36.8. The summed E-state index contributed by atoms with van der Waals surface area (Å²) in [5.74, 6) is -0.448. The number of esters is 1. The third kappa shape index (κ3) is 4.29. The Bertz CT molecular complexity index is 1550. The predicted octanol–water partition coefficient (Wildman–Crippen LogP) is 6.76. The molecule has 2 aliphatic heterocycles. The van der Waals surface area contributed by atoms with E-state index in [0.717, 1.165) is 40.2 Å². The van der Waals surface area contributed by atoms with Crippen LogP contribution in [0.3, 0.4) is 0 Å². The first kappa shape index (κ1) is 24.9. The van der Waals surface area contributed by atoms with Gasteiger partial charge in [0.1, 0.15) is 0 Å². The molecule has 0 aromatic heterocycles. The van der Waals surface area contributed by atoms with Crippen molar-refractivity contribution in [3.63, 3.8) is 0 Å². The van der Waals surface area contributed by atoms with Gasteiger partial charge in [0, 0.05) is 16.7 Å². The number of carbonyl (C=O) groups is 1. The second-order valence-electron chi connectivity index (χ2n) is 9.18. The number of hydrogen-bond acceptors (Lipinski definition) is 7. The number of rotatable bonds is 6. The summed E-state index contributed by atoms with van der Waals surface area (Å²) in [5.41, 5.74) is 6.85. The number of ether oxygens (including phenoxy) is 1. The highest BCUT2D eigenvalue weighted by Gasteiger charge is 2.56. The Kier molecular flexibility index (Phi) is 6.67. The number of benzene rings is 4. The molecule has 1 unspecified atom stereocenters. The van der Waals surface area contributed by atoms with E-state index >= 15 is 0 Å². The summed E-state index contributed by atoms with van der Waals surface area (Å²) in [4.78, 5) is 12.1. The molecule has 2 heterocycles. The van der Waals surface area contributed by atoms with Crippen molar-refractivity contribution in [2.24, 2.45) is 10.2 Å². The van der Waals surface area contributed by atoms with Gasteiger partial charge in [-0.3, -0.25) is 0 Å². The molecule has 7 heteroatoms. The average molecular weight is 533 g/mol. The van der Waals surface area contributed by atoms with Gasteiger partial charge in [0.25, 0.3) is 0 Å². The second kappa shape index (κ2) is 10.4. The molecule has 0 fully saturated rings. The van der Waals surface area contributed by atoms with Gasteiger partial charge in [-0.15, -0.1) is 0 Å². The van der Waals surface area contributed by atoms with Crippen molar-refractivity contribution < 1.29 is 9.53 Å². The zero-order valence-electron chi connectivity index (χ0n) is 21.8. The van der Waals surface area contributed by atoms with E-state index < -0.39 is 11.0 Å². The number of hydrazone groups is 2. The molecule has 0 saturated carbocycles. The first-order chi connectivity index (χ1) is 19.2. The fourth-order valence-electron chi connectivity index (χ4n) is 4.96. The Balaban J connectivity index is 1.62. The van der Waals surface area contributed by atoms with Crippen LogP contribution >= 0.6 is 11.8 Å². The predicted molar refractivity (Wildman–Crippen MR) is 159 cm³/mol. The number of carbonyl (C=O) groups excluding carboxylic acids is 1. The highest BCUT2D eigenvalue weighted by molar-refractivity contribution is 8.16. The van der Waals surface area contributed by atoms with Crippen molar-refractivity contribution in [1.29, 1.82) is 0 Å². The minimum Gasteiger partial charge on any atom is -0.461 e. The monoisotopic (exact) mass is 532 g/mol. The molecule has 0 N–H and O–H groups in total. The molecular formula is C32H28N4O2S. The number of thioether (sulfide) groups is 1. The van der Waals surface area contributed by atoms with Gasteiger partial charge in [-0.05, 0) is 54.9 Å². The molecular weight excluding hydrogens is 504 g/mol. The fraction of sp³-hybridized carbons (Fsp3) is 0.156. The maximum Gasteiger partial charge on any atom is 0.365 e. The standard InChI is InChI=1S/C32H28N4O2S/c1-3-23-19-21-24(22-20-23)29-27-17-11-12-18-28(27)32(35(33-29)25-13-7-5-8-14-25)36(26-15-9-6-10-16-26)34-30(39-32)31(37)38-4-2/h5-22H,3-4H2,1-2H3. The Labute approximate surface area is 232 Å². The van der Waals surface area contributed by atoms with Gasteiger partial charge in [-0.25, -0.2) is 14.8 Å². The van der Waals surface area contributed by atoms with E-state index in [-0.39, 0.29) is 11.7 Å². The van der Waals surface area contributed by atoms with Crippen molar-refractivity contribution in [3.05, 3.63) is 131 Å². The first-order valence-corrected chi connectivity index (χ1v) is 13.9. The van der Waals surface area contributed by atoms with Crippen LogP contribution in [-0.2, 0) is 20.9 Å². The zero-order valence-corrected chi connectivity index (χ0v) is 22.6. The lowest BCUT2D eigenvalue weighted by molar-refractivity contribution is -0.134. The van der Waals surface area contributed by atoms with E-state index in [1.807, 2.05) is 82.8 Å². The molecule has 4 aromatic carbocycles. The molecule has 6 rings (SSSR count). The summed E-state index contributed by atoms with van der Waals surface area (Å²) in [6.07, 6.45) is 0.971. The quantitative estimate of drug-likeness (QED) is 0.257. The smallest absolute Gasteiger partial charge is 0.365 e. The van der Waals surface area contributed by atoms with Crippen molar-refractivity contribution >= 4 is 39.9 Å². The Hall–Kier alpha value is -4.36. The molecule has 1 atom stereocenters. The number of hydrogen-bond donors (Lipinski definition) is 0. The molecule has 0 aliphatic carbocycles. The molecule has 39 heavy (non-hydrogen) atoms. The molecule has 0 saturated heterocycles. The van der Waals surface area contributed by atoms with Crippen LogP contribution in [-0.4, -0.2) is 23.3 Å². The zero-order chi connectivity index (χ0) is 26.8. The third-order valence-corrected chi connectivity index (χ3v) is 8.12. The van der Waals surface area contributed by atoms with Gasteiger partial charge >= 0.3 is 5.97 Å². The van der Waals surface area contributed by atoms with Gasteiger partial charge in [-0.2, -0.15) is 10.2 Å². The second-order valence-corrected chi connectivity index (χ2v) is 10.3. The molecule has 194 valence electrons. The summed E-state index contributed by atoms with van der Waals surface area (Å²) in [5, 5.41) is 14.4. The molecule has 0 radical (unpaired) electrons. The van der Waals surface area contributed by atoms with Crippen LogP contribution < -0.4 is 10.0 Å². The first-order valence-electron chi connectivity index (χ1n) is 13.1. The van der Waals surface area contributed by atoms with Crippen molar-refractivity contribution in [3.8, 4) is 0 Å². The Morgan fingerprint density at radius 1 is 0.769 bits per heavy atom. The number of para-hydroxylation sites is 2. The fourth-order valence-corrected chi connectivity index (χ4v) is 6.25. The molecule has 0 amide bonds. The van der Waals surface area contributed by atoms with E-state index in [1.165, 1.54) is 17.3 Å². The van der Waals surface area contributed by atoms with Crippen LogP contribution in [0.1, 0.15) is 36.1 Å². The van der Waals surface area contributed by atoms with Gasteiger partial charge < -0.3 is 4.74 Å². The Morgan fingerprint density at radius 2 is 1.36 bits per heavy atom. The molecule has 0 bridgehead atoms. The van der Waals surface area contributed by atoms with Gasteiger partial charge in [0.05, 0.1) is 23.7 Å². The highest BCUT2D eigenvalue weighted by atomic mass is 32.2. The van der Waals surface area contributed by atoms with Gasteiger partial charge in [-0.1, -0.05) is 91.9 Å². The van der Waals surface area contributed by atoms with Gasteiger partial charge in [0.15, 0.2) is 0 Å². The molecule has 1 spiro atoms. The summed E-state index contributed by atoms with van der Waals surface area (Å²) in [7, 11) is 0. The summed E-state index contributed by atoms with van der Waals surface area (Å²) < 4.78 is 5.41. The van der Waals surface area contributed by atoms with E-state index in [9.17, 15) is 4.79 Å². The molecule has 4 aromatic rings. The van der Waals surface area contributed by atoms with Gasteiger partial charge in [0.2, 0.25) is 10.0 Å².